The van der Waals surface area contributed by atoms with Gasteiger partial charge in [-0.25, -0.2) is 9.97 Å². The van der Waals surface area contributed by atoms with Crippen molar-refractivity contribution in [1.29, 1.82) is 5.26 Å². The molecule has 1 aromatic carbocycles. The Morgan fingerprint density at radius 1 is 1.25 bits per heavy atom. The van der Waals surface area contributed by atoms with Crippen LogP contribution in [0.25, 0.3) is 11.5 Å². The Bertz CT molecular complexity index is 944. The smallest absolute Gasteiger partial charge is 0.226 e. The average molecular weight is 337 g/mol. The van der Waals surface area contributed by atoms with Gasteiger partial charge in [0.25, 0.3) is 0 Å². The molecule has 5 nitrogen and oxygen atoms in total. The molecule has 0 saturated heterocycles. The van der Waals surface area contributed by atoms with Crippen molar-refractivity contribution in [3.8, 4) is 17.5 Å². The van der Waals surface area contributed by atoms with E-state index < -0.39 is 0 Å². The van der Waals surface area contributed by atoms with Crippen molar-refractivity contribution in [2.75, 3.05) is 11.4 Å². The SMILES string of the molecule is N#Cc1cccnc1N1CCc2oc(-c3cccc(Cl)c3)nc2C1. The van der Waals surface area contributed by atoms with Gasteiger partial charge >= 0.3 is 0 Å². The molecule has 3 aromatic rings. The van der Waals surface area contributed by atoms with Gasteiger partial charge in [-0.1, -0.05) is 17.7 Å². The summed E-state index contributed by atoms with van der Waals surface area (Å²) in [6.07, 6.45) is 2.43. The minimum Gasteiger partial charge on any atom is -0.441 e. The number of nitriles is 1. The fourth-order valence-electron chi connectivity index (χ4n) is 2.86. The zero-order chi connectivity index (χ0) is 16.5. The Hall–Kier alpha value is -2.84. The minimum atomic E-state index is 0.569. The van der Waals surface area contributed by atoms with Gasteiger partial charge in [0.15, 0.2) is 0 Å². The highest BCUT2D eigenvalue weighted by Gasteiger charge is 2.25. The van der Waals surface area contributed by atoms with E-state index in [0.29, 0.717) is 28.8 Å². The molecule has 1 aliphatic rings. The third-order valence-electron chi connectivity index (χ3n) is 4.01. The monoisotopic (exact) mass is 336 g/mol. The van der Waals surface area contributed by atoms with Crippen LogP contribution in [0.4, 0.5) is 5.82 Å². The number of fused-ring (bicyclic) bond motifs is 1. The summed E-state index contributed by atoms with van der Waals surface area (Å²) in [5.41, 5.74) is 2.31. The molecular weight excluding hydrogens is 324 g/mol. The van der Waals surface area contributed by atoms with Crippen LogP contribution in [0.3, 0.4) is 0 Å². The largest absolute Gasteiger partial charge is 0.441 e. The number of hydrogen-bond acceptors (Lipinski definition) is 5. The third kappa shape index (κ3) is 2.61. The van der Waals surface area contributed by atoms with E-state index in [0.717, 1.165) is 30.0 Å². The van der Waals surface area contributed by atoms with Gasteiger partial charge < -0.3 is 9.32 Å². The Labute approximate surface area is 144 Å². The number of hydrogen-bond donors (Lipinski definition) is 0. The van der Waals surface area contributed by atoms with Gasteiger partial charge in [0, 0.05) is 29.7 Å². The molecule has 0 spiro atoms. The number of rotatable bonds is 2. The molecular formula is C18H13ClN4O. The fraction of sp³-hybridized carbons (Fsp3) is 0.167. The molecule has 0 saturated carbocycles. The summed E-state index contributed by atoms with van der Waals surface area (Å²) in [7, 11) is 0. The molecule has 0 unspecified atom stereocenters. The summed E-state index contributed by atoms with van der Waals surface area (Å²) in [6, 6.07) is 13.2. The van der Waals surface area contributed by atoms with Crippen LogP contribution >= 0.6 is 11.6 Å². The summed E-state index contributed by atoms with van der Waals surface area (Å²) in [4.78, 5) is 11.0. The topological polar surface area (TPSA) is 66.0 Å². The maximum atomic E-state index is 9.26. The molecule has 6 heteroatoms. The molecule has 24 heavy (non-hydrogen) atoms. The van der Waals surface area contributed by atoms with Crippen LogP contribution in [-0.4, -0.2) is 16.5 Å². The molecule has 0 radical (unpaired) electrons. The molecule has 3 heterocycles. The first-order valence-electron chi connectivity index (χ1n) is 7.59. The van der Waals surface area contributed by atoms with E-state index in [2.05, 4.69) is 20.9 Å². The van der Waals surface area contributed by atoms with E-state index in [9.17, 15) is 5.26 Å². The molecule has 2 aromatic heterocycles. The van der Waals surface area contributed by atoms with Gasteiger partial charge in [0.1, 0.15) is 23.3 Å². The molecule has 0 aliphatic carbocycles. The van der Waals surface area contributed by atoms with E-state index in [1.54, 1.807) is 18.3 Å². The van der Waals surface area contributed by atoms with Gasteiger partial charge in [0.05, 0.1) is 12.1 Å². The Morgan fingerprint density at radius 2 is 2.17 bits per heavy atom. The van der Waals surface area contributed by atoms with E-state index >= 15 is 0 Å². The van der Waals surface area contributed by atoms with Crippen LogP contribution in [0, 0.1) is 11.3 Å². The highest BCUT2D eigenvalue weighted by atomic mass is 35.5. The summed E-state index contributed by atoms with van der Waals surface area (Å²) < 4.78 is 5.91. The van der Waals surface area contributed by atoms with Crippen molar-refractivity contribution >= 4 is 17.4 Å². The summed E-state index contributed by atoms with van der Waals surface area (Å²) >= 11 is 6.04. The Kier molecular flexibility index (Phi) is 3.68. The summed E-state index contributed by atoms with van der Waals surface area (Å²) in [5.74, 6) is 2.15. The highest BCUT2D eigenvalue weighted by Crippen LogP contribution is 2.29. The molecule has 0 bridgehead atoms. The van der Waals surface area contributed by atoms with Gasteiger partial charge in [-0.3, -0.25) is 0 Å². The molecule has 0 atom stereocenters. The quantitative estimate of drug-likeness (QED) is 0.711. The molecule has 1 aliphatic heterocycles. The Balaban J connectivity index is 1.66. The van der Waals surface area contributed by atoms with Crippen molar-refractivity contribution in [2.45, 2.75) is 13.0 Å². The zero-order valence-electron chi connectivity index (χ0n) is 12.7. The first kappa shape index (κ1) is 14.7. The van der Waals surface area contributed by atoms with Crippen LogP contribution in [0.2, 0.25) is 5.02 Å². The first-order valence-corrected chi connectivity index (χ1v) is 7.97. The molecule has 4 rings (SSSR count). The third-order valence-corrected chi connectivity index (χ3v) is 4.24. The predicted octanol–water partition coefficient (Wildman–Crippen LogP) is 3.82. The van der Waals surface area contributed by atoms with Crippen molar-refractivity contribution in [2.24, 2.45) is 0 Å². The molecule has 118 valence electrons. The lowest BCUT2D eigenvalue weighted by Gasteiger charge is -2.26. The lowest BCUT2D eigenvalue weighted by atomic mass is 10.1. The number of nitrogens with zero attached hydrogens (tertiary/aromatic N) is 4. The number of halogens is 1. The second kappa shape index (κ2) is 5.99. The normalized spacial score (nSPS) is 13.4. The molecule has 0 fully saturated rings. The van der Waals surface area contributed by atoms with E-state index in [-0.39, 0.29) is 0 Å². The van der Waals surface area contributed by atoms with Gasteiger partial charge in [0.2, 0.25) is 5.89 Å². The van der Waals surface area contributed by atoms with Crippen LogP contribution < -0.4 is 4.90 Å². The van der Waals surface area contributed by atoms with E-state index in [4.69, 9.17) is 16.0 Å². The second-order valence-corrected chi connectivity index (χ2v) is 5.99. The van der Waals surface area contributed by atoms with Gasteiger partial charge in [-0.05, 0) is 30.3 Å². The number of anilines is 1. The van der Waals surface area contributed by atoms with Crippen LogP contribution in [0.1, 0.15) is 17.0 Å². The van der Waals surface area contributed by atoms with E-state index in [1.165, 1.54) is 0 Å². The minimum absolute atomic E-state index is 0.569. The van der Waals surface area contributed by atoms with Crippen LogP contribution in [0.5, 0.6) is 0 Å². The maximum absolute atomic E-state index is 9.26. The summed E-state index contributed by atoms with van der Waals surface area (Å²) in [5, 5.41) is 9.91. The van der Waals surface area contributed by atoms with Crippen molar-refractivity contribution in [3.63, 3.8) is 0 Å². The number of aromatic nitrogens is 2. The lowest BCUT2D eigenvalue weighted by Crippen LogP contribution is -2.31. The van der Waals surface area contributed by atoms with Crippen molar-refractivity contribution in [3.05, 3.63) is 64.6 Å². The first-order chi connectivity index (χ1) is 11.7. The lowest BCUT2D eigenvalue weighted by molar-refractivity contribution is 0.498. The van der Waals surface area contributed by atoms with E-state index in [1.807, 2.05) is 24.3 Å². The molecule has 0 amide bonds. The summed E-state index contributed by atoms with van der Waals surface area (Å²) in [6.45, 7) is 1.31. The average Bonchev–Trinajstić information content (AvgIpc) is 3.05. The predicted molar refractivity (Wildman–Crippen MR) is 90.7 cm³/mol. The highest BCUT2D eigenvalue weighted by molar-refractivity contribution is 6.30. The zero-order valence-corrected chi connectivity index (χ0v) is 13.5. The molecule has 0 N–H and O–H groups in total. The van der Waals surface area contributed by atoms with Crippen molar-refractivity contribution in [1.82, 2.24) is 9.97 Å². The number of benzene rings is 1. The number of pyridine rings is 1. The maximum Gasteiger partial charge on any atom is 0.226 e. The standard InChI is InChI=1S/C18H13ClN4O/c19-14-5-1-3-12(9-14)18-22-15-11-23(8-6-16(15)24-18)17-13(10-20)4-2-7-21-17/h1-5,7,9H,6,8,11H2. The fourth-order valence-corrected chi connectivity index (χ4v) is 3.05. The van der Waals surface area contributed by atoms with Crippen LogP contribution in [0.15, 0.2) is 47.0 Å². The Morgan fingerprint density at radius 3 is 3.00 bits per heavy atom. The second-order valence-electron chi connectivity index (χ2n) is 5.56. The van der Waals surface area contributed by atoms with Crippen LogP contribution in [-0.2, 0) is 13.0 Å². The van der Waals surface area contributed by atoms with Gasteiger partial charge in [-0.15, -0.1) is 0 Å². The van der Waals surface area contributed by atoms with Gasteiger partial charge in [-0.2, -0.15) is 5.26 Å². The number of oxazole rings is 1. The van der Waals surface area contributed by atoms with Crippen molar-refractivity contribution < 1.29 is 4.42 Å².